The van der Waals surface area contributed by atoms with Gasteiger partial charge in [0, 0.05) is 45.1 Å². The summed E-state index contributed by atoms with van der Waals surface area (Å²) in [6.07, 6.45) is 3.34. The van der Waals surface area contributed by atoms with E-state index in [0.717, 1.165) is 5.56 Å². The second kappa shape index (κ2) is 8.37. The van der Waals surface area contributed by atoms with Crippen LogP contribution >= 0.6 is 0 Å². The summed E-state index contributed by atoms with van der Waals surface area (Å²) >= 11 is 0. The van der Waals surface area contributed by atoms with Crippen molar-refractivity contribution in [2.75, 3.05) is 31.1 Å². The summed E-state index contributed by atoms with van der Waals surface area (Å²) in [6, 6.07) is 10.3. The van der Waals surface area contributed by atoms with Gasteiger partial charge in [-0.3, -0.25) is 14.6 Å². The lowest BCUT2D eigenvalue weighted by atomic mass is 9.90. The lowest BCUT2D eigenvalue weighted by Crippen LogP contribution is -2.55. The number of rotatable bonds is 5. The molecule has 7 heteroatoms. The highest BCUT2D eigenvalue weighted by atomic mass is 19.1. The molecule has 2 aromatic rings. The number of carbonyl (C=O) groups is 2. The summed E-state index contributed by atoms with van der Waals surface area (Å²) in [5.41, 5.74) is 0.239. The van der Waals surface area contributed by atoms with Gasteiger partial charge < -0.3 is 15.1 Å². The van der Waals surface area contributed by atoms with E-state index in [4.69, 9.17) is 0 Å². The number of carbonyl (C=O) groups excluding carboxylic acids is 2. The SMILES string of the molecule is CC(C)(C(=O)NCc1cccnc1)C(=O)N1CCN(c2ccccc2F)CC1. The largest absolute Gasteiger partial charge is 0.366 e. The maximum absolute atomic E-state index is 14.0. The van der Waals surface area contributed by atoms with Gasteiger partial charge in [-0.1, -0.05) is 18.2 Å². The van der Waals surface area contributed by atoms with Gasteiger partial charge in [-0.25, -0.2) is 4.39 Å². The third-order valence-corrected chi connectivity index (χ3v) is 5.04. The van der Waals surface area contributed by atoms with E-state index in [1.807, 2.05) is 11.0 Å². The number of para-hydroxylation sites is 1. The third kappa shape index (κ3) is 4.30. The second-order valence-electron chi connectivity index (χ2n) is 7.40. The van der Waals surface area contributed by atoms with Crippen LogP contribution in [0.25, 0.3) is 0 Å². The van der Waals surface area contributed by atoms with Crippen molar-refractivity contribution in [3.63, 3.8) is 0 Å². The Bertz CT molecular complexity index is 833. The van der Waals surface area contributed by atoms with Gasteiger partial charge in [0.15, 0.2) is 0 Å². The zero-order valence-corrected chi connectivity index (χ0v) is 16.2. The van der Waals surface area contributed by atoms with Crippen LogP contribution in [-0.4, -0.2) is 47.9 Å². The first-order chi connectivity index (χ1) is 13.4. The van der Waals surface area contributed by atoms with Crippen molar-refractivity contribution >= 4 is 17.5 Å². The maximum atomic E-state index is 14.0. The van der Waals surface area contributed by atoms with Gasteiger partial charge in [-0.15, -0.1) is 0 Å². The second-order valence-corrected chi connectivity index (χ2v) is 7.40. The summed E-state index contributed by atoms with van der Waals surface area (Å²) in [6.45, 7) is 5.55. The number of hydrogen-bond acceptors (Lipinski definition) is 4. The minimum absolute atomic E-state index is 0.218. The minimum atomic E-state index is -1.18. The van der Waals surface area contributed by atoms with Gasteiger partial charge in [0.2, 0.25) is 11.8 Å². The summed E-state index contributed by atoms with van der Waals surface area (Å²) in [4.78, 5) is 33.2. The van der Waals surface area contributed by atoms with Gasteiger partial charge in [0.05, 0.1) is 5.69 Å². The number of nitrogens with zero attached hydrogens (tertiary/aromatic N) is 3. The zero-order valence-electron chi connectivity index (χ0n) is 16.2. The van der Waals surface area contributed by atoms with Crippen molar-refractivity contribution in [2.45, 2.75) is 20.4 Å². The molecule has 1 N–H and O–H groups in total. The Morgan fingerprint density at radius 1 is 1.11 bits per heavy atom. The van der Waals surface area contributed by atoms with Crippen LogP contribution in [0.15, 0.2) is 48.8 Å². The summed E-state index contributed by atoms with van der Waals surface area (Å²) in [5.74, 6) is -0.806. The molecule has 3 rings (SSSR count). The normalized spacial score (nSPS) is 14.7. The lowest BCUT2D eigenvalue weighted by molar-refractivity contribution is -0.148. The predicted molar refractivity (Wildman–Crippen MR) is 105 cm³/mol. The molecule has 1 aromatic carbocycles. The van der Waals surface area contributed by atoms with Crippen molar-refractivity contribution in [1.29, 1.82) is 0 Å². The Morgan fingerprint density at radius 2 is 1.82 bits per heavy atom. The average Bonchev–Trinajstić information content (AvgIpc) is 2.72. The molecule has 1 aliphatic heterocycles. The molecule has 6 nitrogen and oxygen atoms in total. The number of amides is 2. The zero-order chi connectivity index (χ0) is 20.1. The molecule has 1 fully saturated rings. The standard InChI is InChI=1S/C21H25FN4O2/c1-21(2,19(27)24-15-16-6-5-9-23-14-16)20(28)26-12-10-25(11-13-26)18-8-4-3-7-17(18)22/h3-9,14H,10-13,15H2,1-2H3,(H,24,27). The first-order valence-electron chi connectivity index (χ1n) is 9.35. The number of pyridine rings is 1. The quantitative estimate of drug-likeness (QED) is 0.803. The third-order valence-electron chi connectivity index (χ3n) is 5.04. The maximum Gasteiger partial charge on any atom is 0.237 e. The van der Waals surface area contributed by atoms with E-state index in [1.54, 1.807) is 55.4 Å². The van der Waals surface area contributed by atoms with Crippen LogP contribution in [0, 0.1) is 11.2 Å². The highest BCUT2D eigenvalue weighted by Gasteiger charge is 2.40. The van der Waals surface area contributed by atoms with Gasteiger partial charge in [-0.2, -0.15) is 0 Å². The van der Waals surface area contributed by atoms with Crippen LogP contribution in [-0.2, 0) is 16.1 Å². The Morgan fingerprint density at radius 3 is 2.46 bits per heavy atom. The highest BCUT2D eigenvalue weighted by molar-refractivity contribution is 6.04. The molecule has 2 amide bonds. The number of hydrogen-bond donors (Lipinski definition) is 1. The van der Waals surface area contributed by atoms with Crippen LogP contribution in [0.5, 0.6) is 0 Å². The van der Waals surface area contributed by atoms with E-state index in [2.05, 4.69) is 10.3 Å². The number of aromatic nitrogens is 1. The Kier molecular flexibility index (Phi) is 5.92. The topological polar surface area (TPSA) is 65.5 Å². The molecule has 2 heterocycles. The molecule has 28 heavy (non-hydrogen) atoms. The predicted octanol–water partition coefficient (Wildman–Crippen LogP) is 2.21. The number of anilines is 1. The van der Waals surface area contributed by atoms with Crippen LogP contribution < -0.4 is 10.2 Å². The molecule has 0 aliphatic carbocycles. The van der Waals surface area contributed by atoms with Crippen molar-refractivity contribution < 1.29 is 14.0 Å². The smallest absolute Gasteiger partial charge is 0.237 e. The first-order valence-corrected chi connectivity index (χ1v) is 9.35. The molecule has 0 spiro atoms. The number of piperazine rings is 1. The fourth-order valence-electron chi connectivity index (χ4n) is 3.26. The van der Waals surface area contributed by atoms with Crippen molar-refractivity contribution in [3.05, 3.63) is 60.2 Å². The fraction of sp³-hybridized carbons (Fsp3) is 0.381. The molecule has 1 aromatic heterocycles. The molecule has 0 saturated carbocycles. The summed E-state index contributed by atoms with van der Waals surface area (Å²) in [5, 5.41) is 2.81. The molecule has 0 atom stereocenters. The van der Waals surface area contributed by atoms with Gasteiger partial charge in [0.1, 0.15) is 11.2 Å². The van der Waals surface area contributed by atoms with E-state index in [9.17, 15) is 14.0 Å². The van der Waals surface area contributed by atoms with Crippen molar-refractivity contribution in [2.24, 2.45) is 5.41 Å². The molecule has 0 radical (unpaired) electrons. The number of halogens is 1. The van der Waals surface area contributed by atoms with Gasteiger partial charge in [0.25, 0.3) is 0 Å². The van der Waals surface area contributed by atoms with E-state index in [1.165, 1.54) is 6.07 Å². The van der Waals surface area contributed by atoms with Crippen LogP contribution in [0.3, 0.4) is 0 Å². The van der Waals surface area contributed by atoms with Gasteiger partial charge in [-0.05, 0) is 37.6 Å². The molecule has 1 saturated heterocycles. The molecular weight excluding hydrogens is 359 g/mol. The first kappa shape index (κ1) is 19.8. The van der Waals surface area contributed by atoms with Crippen molar-refractivity contribution in [1.82, 2.24) is 15.2 Å². The van der Waals surface area contributed by atoms with Gasteiger partial charge >= 0.3 is 0 Å². The summed E-state index contributed by atoms with van der Waals surface area (Å²) < 4.78 is 14.0. The van der Waals surface area contributed by atoms with Crippen LogP contribution in [0.4, 0.5) is 10.1 Å². The van der Waals surface area contributed by atoms with E-state index < -0.39 is 5.41 Å². The Labute approximate surface area is 164 Å². The molecule has 148 valence electrons. The lowest BCUT2D eigenvalue weighted by Gasteiger charge is -2.39. The van der Waals surface area contributed by atoms with E-state index in [0.29, 0.717) is 38.4 Å². The van der Waals surface area contributed by atoms with E-state index in [-0.39, 0.29) is 17.6 Å². The molecule has 0 unspecified atom stereocenters. The Hall–Kier alpha value is -2.96. The molecule has 1 aliphatic rings. The highest BCUT2D eigenvalue weighted by Crippen LogP contribution is 2.24. The number of benzene rings is 1. The van der Waals surface area contributed by atoms with Crippen molar-refractivity contribution in [3.8, 4) is 0 Å². The Balaban J connectivity index is 1.57. The minimum Gasteiger partial charge on any atom is -0.366 e. The number of nitrogens with one attached hydrogen (secondary N) is 1. The van der Waals surface area contributed by atoms with Crippen LogP contribution in [0.1, 0.15) is 19.4 Å². The monoisotopic (exact) mass is 384 g/mol. The molecular formula is C21H25FN4O2. The van der Waals surface area contributed by atoms with Crippen LogP contribution in [0.2, 0.25) is 0 Å². The fourth-order valence-corrected chi connectivity index (χ4v) is 3.26. The summed E-state index contributed by atoms with van der Waals surface area (Å²) in [7, 11) is 0. The average molecular weight is 384 g/mol. The molecule has 0 bridgehead atoms. The van der Waals surface area contributed by atoms with E-state index >= 15 is 0 Å².